The van der Waals surface area contributed by atoms with Crippen LogP contribution < -0.4 is 15.4 Å². The molecule has 43 heavy (non-hydrogen) atoms. The highest BCUT2D eigenvalue weighted by Gasteiger charge is 2.49. The first-order valence-corrected chi connectivity index (χ1v) is 15.3. The summed E-state index contributed by atoms with van der Waals surface area (Å²) in [6, 6.07) is 5.31. The van der Waals surface area contributed by atoms with E-state index in [-0.39, 0.29) is 47.4 Å². The zero-order chi connectivity index (χ0) is 29.5. The number of nitrogens with zero attached hydrogens (tertiary/aromatic N) is 6. The van der Waals surface area contributed by atoms with E-state index in [2.05, 4.69) is 24.8 Å². The van der Waals surface area contributed by atoms with Crippen molar-refractivity contribution in [2.24, 2.45) is 0 Å². The van der Waals surface area contributed by atoms with Crippen molar-refractivity contribution in [3.8, 4) is 17.3 Å². The van der Waals surface area contributed by atoms with E-state index in [1.807, 2.05) is 19.1 Å². The Morgan fingerprint density at radius 3 is 2.79 bits per heavy atom. The molecule has 4 atom stereocenters. The molecule has 3 unspecified atom stereocenters. The summed E-state index contributed by atoms with van der Waals surface area (Å²) in [4.78, 5) is 22.7. The number of aromatic nitrogens is 4. The standard InChI is InChI=1S/C31H32ClF2N7O2/c1-16-3-6-22-24(25(16)32)20(9-23(35)37-22)27-26(34)28-21(11-36-27)29(40-13-18-4-5-19(14-40)43-18)39-30(38-28)42-15-31-7-2-8-41(31)12-17(33)10-31/h3,6,9,11,17-19H,2,4-5,7-8,10,12-15H2,1H3,(H2,35,37)/t17-,18?,19?,31?/m1/s1. The van der Waals surface area contributed by atoms with E-state index in [4.69, 9.17) is 31.8 Å². The quantitative estimate of drug-likeness (QED) is 0.326. The second kappa shape index (κ2) is 10.1. The van der Waals surface area contributed by atoms with Gasteiger partial charge in [0, 0.05) is 43.2 Å². The maximum atomic E-state index is 16.7. The third-order valence-electron chi connectivity index (χ3n) is 9.60. The Labute approximate surface area is 252 Å². The predicted octanol–water partition coefficient (Wildman–Crippen LogP) is 5.25. The van der Waals surface area contributed by atoms with E-state index >= 15 is 4.39 Å². The van der Waals surface area contributed by atoms with Gasteiger partial charge < -0.3 is 20.1 Å². The lowest BCUT2D eigenvalue weighted by Gasteiger charge is -2.34. The summed E-state index contributed by atoms with van der Waals surface area (Å²) in [7, 11) is 0. The molecule has 2 bridgehead atoms. The number of aryl methyl sites for hydroxylation is 1. The van der Waals surface area contributed by atoms with Crippen molar-refractivity contribution >= 4 is 45.0 Å². The largest absolute Gasteiger partial charge is 0.461 e. The summed E-state index contributed by atoms with van der Waals surface area (Å²) in [5.41, 5.74) is 7.71. The van der Waals surface area contributed by atoms with Crippen LogP contribution in [0, 0.1) is 12.7 Å². The van der Waals surface area contributed by atoms with Crippen LogP contribution in [0.2, 0.25) is 5.02 Å². The summed E-state index contributed by atoms with van der Waals surface area (Å²) in [6.07, 6.45) is 5.11. The number of morpholine rings is 1. The van der Waals surface area contributed by atoms with Crippen LogP contribution in [0.25, 0.3) is 33.1 Å². The van der Waals surface area contributed by atoms with Gasteiger partial charge in [-0.1, -0.05) is 17.7 Å². The van der Waals surface area contributed by atoms with Crippen molar-refractivity contribution in [2.45, 2.75) is 62.9 Å². The summed E-state index contributed by atoms with van der Waals surface area (Å²) in [6.45, 7) is 4.65. The summed E-state index contributed by atoms with van der Waals surface area (Å²) < 4.78 is 43.5. The molecule has 0 saturated carbocycles. The van der Waals surface area contributed by atoms with Gasteiger partial charge in [0.25, 0.3) is 0 Å². The van der Waals surface area contributed by atoms with Gasteiger partial charge in [-0.15, -0.1) is 0 Å². The average molecular weight is 608 g/mol. The van der Waals surface area contributed by atoms with Crippen LogP contribution in [0.1, 0.15) is 37.7 Å². The van der Waals surface area contributed by atoms with E-state index in [9.17, 15) is 4.39 Å². The summed E-state index contributed by atoms with van der Waals surface area (Å²) >= 11 is 6.72. The van der Waals surface area contributed by atoms with Gasteiger partial charge in [0.05, 0.1) is 33.7 Å². The molecule has 4 aliphatic rings. The third kappa shape index (κ3) is 4.46. The Kier molecular flexibility index (Phi) is 6.36. The topological polar surface area (TPSA) is 103 Å². The molecule has 2 N–H and O–H groups in total. The van der Waals surface area contributed by atoms with E-state index < -0.39 is 12.0 Å². The highest BCUT2D eigenvalue weighted by molar-refractivity contribution is 6.37. The Balaban J connectivity index is 1.26. The SMILES string of the molecule is Cc1ccc2nc(N)cc(-c3ncc4c(N5CC6CCC(C5)O6)nc(OCC56CCCN5C[C@H](F)C6)nc4c3F)c2c1Cl. The molecule has 4 aliphatic heterocycles. The van der Waals surface area contributed by atoms with Crippen LogP contribution in [-0.2, 0) is 4.74 Å². The van der Waals surface area contributed by atoms with Gasteiger partial charge in [-0.05, 0) is 56.8 Å². The molecule has 1 aromatic carbocycles. The first-order valence-electron chi connectivity index (χ1n) is 14.9. The molecule has 0 amide bonds. The lowest BCUT2D eigenvalue weighted by molar-refractivity contribution is 0.0302. The second-order valence-electron chi connectivity index (χ2n) is 12.4. The fraction of sp³-hybridized carbons (Fsp3) is 0.484. The van der Waals surface area contributed by atoms with Gasteiger partial charge in [-0.25, -0.2) is 13.8 Å². The maximum absolute atomic E-state index is 16.7. The highest BCUT2D eigenvalue weighted by atomic mass is 35.5. The summed E-state index contributed by atoms with van der Waals surface area (Å²) in [5.74, 6) is 0.154. The van der Waals surface area contributed by atoms with Crippen LogP contribution in [0.4, 0.5) is 20.4 Å². The van der Waals surface area contributed by atoms with E-state index in [0.29, 0.717) is 58.7 Å². The van der Waals surface area contributed by atoms with Crippen molar-refractivity contribution in [2.75, 3.05) is 43.4 Å². The number of hydrogen-bond acceptors (Lipinski definition) is 9. The number of halogens is 3. The molecule has 8 rings (SSSR count). The second-order valence-corrected chi connectivity index (χ2v) is 12.8. The predicted molar refractivity (Wildman–Crippen MR) is 161 cm³/mol. The minimum atomic E-state index is -0.884. The van der Waals surface area contributed by atoms with E-state index in [1.165, 1.54) is 0 Å². The minimum Gasteiger partial charge on any atom is -0.461 e. The van der Waals surface area contributed by atoms with Crippen molar-refractivity contribution in [1.29, 1.82) is 0 Å². The molecule has 0 spiro atoms. The van der Waals surface area contributed by atoms with Gasteiger partial charge in [-0.3, -0.25) is 9.88 Å². The third-order valence-corrected chi connectivity index (χ3v) is 10.1. The van der Waals surface area contributed by atoms with Gasteiger partial charge in [0.1, 0.15) is 35.6 Å². The van der Waals surface area contributed by atoms with Gasteiger partial charge in [0.2, 0.25) is 0 Å². The molecule has 0 radical (unpaired) electrons. The van der Waals surface area contributed by atoms with Crippen molar-refractivity contribution in [3.05, 3.63) is 40.8 Å². The van der Waals surface area contributed by atoms with Crippen LogP contribution in [0.15, 0.2) is 24.4 Å². The number of benzene rings is 1. The highest BCUT2D eigenvalue weighted by Crippen LogP contribution is 2.42. The molecule has 3 aromatic heterocycles. The molecule has 7 heterocycles. The monoisotopic (exact) mass is 607 g/mol. The number of nitrogen functional groups attached to an aromatic ring is 1. The van der Waals surface area contributed by atoms with Crippen LogP contribution in [0.5, 0.6) is 6.01 Å². The normalized spacial score (nSPS) is 27.0. The van der Waals surface area contributed by atoms with E-state index in [1.54, 1.807) is 12.3 Å². The number of nitrogens with two attached hydrogens (primary N) is 1. The molecule has 0 aliphatic carbocycles. The smallest absolute Gasteiger partial charge is 0.319 e. The molecule has 12 heteroatoms. The number of rotatable bonds is 5. The maximum Gasteiger partial charge on any atom is 0.319 e. The molecule has 9 nitrogen and oxygen atoms in total. The fourth-order valence-electron chi connectivity index (χ4n) is 7.55. The molecular weight excluding hydrogens is 576 g/mol. The minimum absolute atomic E-state index is 0.0633. The molecule has 4 aromatic rings. The number of ether oxygens (including phenoxy) is 2. The first-order chi connectivity index (χ1) is 20.8. The molecular formula is C31H32ClF2N7O2. The van der Waals surface area contributed by atoms with Crippen molar-refractivity contribution in [3.63, 3.8) is 0 Å². The lowest BCUT2D eigenvalue weighted by atomic mass is 9.95. The molecule has 224 valence electrons. The zero-order valence-electron chi connectivity index (χ0n) is 23.8. The number of anilines is 2. The average Bonchev–Trinajstić information content (AvgIpc) is 3.63. The fourth-order valence-corrected chi connectivity index (χ4v) is 7.81. The zero-order valence-corrected chi connectivity index (χ0v) is 24.6. The van der Waals surface area contributed by atoms with Gasteiger partial charge in [0.15, 0.2) is 5.82 Å². The van der Waals surface area contributed by atoms with Crippen LogP contribution in [-0.4, -0.2) is 81.5 Å². The first kappa shape index (κ1) is 27.2. The number of pyridine rings is 2. The van der Waals surface area contributed by atoms with Gasteiger partial charge in [-0.2, -0.15) is 9.97 Å². The summed E-state index contributed by atoms with van der Waals surface area (Å²) in [5, 5.41) is 1.51. The Morgan fingerprint density at radius 1 is 1.16 bits per heavy atom. The number of fused-ring (bicyclic) bond motifs is 5. The Morgan fingerprint density at radius 2 is 1.98 bits per heavy atom. The Bertz CT molecular complexity index is 1760. The van der Waals surface area contributed by atoms with Gasteiger partial charge >= 0.3 is 6.01 Å². The lowest BCUT2D eigenvalue weighted by Crippen LogP contribution is -2.44. The molecule has 4 saturated heterocycles. The Hall–Kier alpha value is -3.41. The van der Waals surface area contributed by atoms with E-state index in [0.717, 1.165) is 37.8 Å². The van der Waals surface area contributed by atoms with Crippen molar-refractivity contribution in [1.82, 2.24) is 24.8 Å². The van der Waals surface area contributed by atoms with Crippen LogP contribution in [0.3, 0.4) is 0 Å². The van der Waals surface area contributed by atoms with Crippen LogP contribution >= 0.6 is 11.6 Å². The van der Waals surface area contributed by atoms with Crippen molar-refractivity contribution < 1.29 is 18.3 Å². The number of hydrogen-bond donors (Lipinski definition) is 1. The molecule has 4 fully saturated rings. The number of alkyl halides is 1.